The van der Waals surface area contributed by atoms with Gasteiger partial charge < -0.3 is 9.84 Å². The van der Waals surface area contributed by atoms with E-state index in [2.05, 4.69) is 6.92 Å². The van der Waals surface area contributed by atoms with Gasteiger partial charge in [-0.05, 0) is 12.8 Å². The summed E-state index contributed by atoms with van der Waals surface area (Å²) in [5.74, 6) is -0.846. The van der Waals surface area contributed by atoms with Crippen LogP contribution in [0.25, 0.3) is 0 Å². The molecule has 4 nitrogen and oxygen atoms in total. The van der Waals surface area contributed by atoms with Crippen molar-refractivity contribution >= 4 is 11.9 Å². The highest BCUT2D eigenvalue weighted by Crippen LogP contribution is 2.13. The normalized spacial score (nSPS) is 10.2. The highest BCUT2D eigenvalue weighted by atomic mass is 16.5. The fourth-order valence-corrected chi connectivity index (χ4v) is 2.93. The molecular weight excluding hydrogens is 340 g/mol. The summed E-state index contributed by atoms with van der Waals surface area (Å²) in [5.41, 5.74) is 0. The summed E-state index contributed by atoms with van der Waals surface area (Å²) in [6, 6.07) is 0. The second-order valence-electron chi connectivity index (χ2n) is 7.44. The van der Waals surface area contributed by atoms with Gasteiger partial charge in [-0.25, -0.2) is 0 Å². The Morgan fingerprint density at radius 1 is 0.630 bits per heavy atom. The monoisotopic (exact) mass is 386 g/mol. The van der Waals surface area contributed by atoms with E-state index in [1.165, 1.54) is 89.9 Å². The molecule has 0 heterocycles. The van der Waals surface area contributed by atoms with E-state index in [9.17, 15) is 4.79 Å². The van der Waals surface area contributed by atoms with Crippen LogP contribution in [-0.4, -0.2) is 23.7 Å². The fraction of sp³-hybridized carbons (Fsp3) is 0.913. The molecule has 0 rings (SSSR count). The first-order valence-corrected chi connectivity index (χ1v) is 11.4. The fourth-order valence-electron chi connectivity index (χ4n) is 2.93. The van der Waals surface area contributed by atoms with Gasteiger partial charge in [-0.3, -0.25) is 9.59 Å². The first-order valence-electron chi connectivity index (χ1n) is 11.4. The Labute approximate surface area is 168 Å². The van der Waals surface area contributed by atoms with E-state index in [0.29, 0.717) is 13.0 Å². The van der Waals surface area contributed by atoms with Gasteiger partial charge in [0.25, 0.3) is 5.97 Å². The zero-order chi connectivity index (χ0) is 20.6. The van der Waals surface area contributed by atoms with Crippen LogP contribution >= 0.6 is 0 Å². The third-order valence-corrected chi connectivity index (χ3v) is 4.45. The SMILES string of the molecule is CC(=O)O.CCCCCCCCCCCCCCCCCC(=O)OCCC. The van der Waals surface area contributed by atoms with Gasteiger partial charge in [-0.2, -0.15) is 0 Å². The summed E-state index contributed by atoms with van der Waals surface area (Å²) in [7, 11) is 0. The van der Waals surface area contributed by atoms with Crippen LogP contribution in [0.2, 0.25) is 0 Å². The van der Waals surface area contributed by atoms with Gasteiger partial charge in [0, 0.05) is 13.3 Å². The lowest BCUT2D eigenvalue weighted by molar-refractivity contribution is -0.143. The molecule has 0 atom stereocenters. The molecule has 1 N–H and O–H groups in total. The highest BCUT2D eigenvalue weighted by molar-refractivity contribution is 5.69. The summed E-state index contributed by atoms with van der Waals surface area (Å²) in [4.78, 5) is 20.3. The number of ether oxygens (including phenoxy) is 1. The third-order valence-electron chi connectivity index (χ3n) is 4.45. The average Bonchev–Trinajstić information content (AvgIpc) is 2.62. The van der Waals surface area contributed by atoms with E-state index < -0.39 is 5.97 Å². The molecule has 0 aliphatic heterocycles. The van der Waals surface area contributed by atoms with E-state index in [1.54, 1.807) is 0 Å². The summed E-state index contributed by atoms with van der Waals surface area (Å²) >= 11 is 0. The number of carboxylic acid groups (broad SMARTS) is 1. The summed E-state index contributed by atoms with van der Waals surface area (Å²) < 4.78 is 5.07. The van der Waals surface area contributed by atoms with E-state index in [-0.39, 0.29) is 5.97 Å². The Bertz CT molecular complexity index is 312. The summed E-state index contributed by atoms with van der Waals surface area (Å²) in [6.45, 7) is 5.97. The zero-order valence-electron chi connectivity index (χ0n) is 18.4. The molecule has 0 amide bonds. The van der Waals surface area contributed by atoms with Crippen LogP contribution in [0.5, 0.6) is 0 Å². The standard InChI is InChI=1S/C21H42O2.C2H4O2/c1-3-5-6-7-8-9-10-11-12-13-14-15-16-17-18-19-21(22)23-20-4-2;1-2(3)4/h3-20H2,1-2H3;1H3,(H,3,4). The Morgan fingerprint density at radius 3 is 1.30 bits per heavy atom. The molecule has 27 heavy (non-hydrogen) atoms. The predicted molar refractivity (Wildman–Crippen MR) is 114 cm³/mol. The van der Waals surface area contributed by atoms with Crippen molar-refractivity contribution in [2.24, 2.45) is 0 Å². The van der Waals surface area contributed by atoms with Crippen molar-refractivity contribution in [1.29, 1.82) is 0 Å². The highest BCUT2D eigenvalue weighted by Gasteiger charge is 2.01. The van der Waals surface area contributed by atoms with Crippen molar-refractivity contribution in [3.63, 3.8) is 0 Å². The van der Waals surface area contributed by atoms with Crippen molar-refractivity contribution in [2.75, 3.05) is 6.61 Å². The largest absolute Gasteiger partial charge is 0.481 e. The van der Waals surface area contributed by atoms with Crippen molar-refractivity contribution in [2.45, 2.75) is 130 Å². The molecular formula is C23H46O4. The smallest absolute Gasteiger partial charge is 0.305 e. The topological polar surface area (TPSA) is 63.6 Å². The molecule has 0 aromatic carbocycles. The van der Waals surface area contributed by atoms with Gasteiger partial charge in [0.15, 0.2) is 0 Å². The first kappa shape index (κ1) is 28.2. The second-order valence-corrected chi connectivity index (χ2v) is 7.44. The maximum absolute atomic E-state index is 11.3. The van der Waals surface area contributed by atoms with Crippen molar-refractivity contribution in [3.05, 3.63) is 0 Å². The van der Waals surface area contributed by atoms with Gasteiger partial charge in [0.2, 0.25) is 0 Å². The van der Waals surface area contributed by atoms with Crippen LogP contribution < -0.4 is 0 Å². The maximum atomic E-state index is 11.3. The molecule has 0 saturated heterocycles. The Balaban J connectivity index is 0. The minimum absolute atomic E-state index is 0.0125. The van der Waals surface area contributed by atoms with E-state index in [4.69, 9.17) is 14.6 Å². The molecule has 0 aliphatic rings. The Morgan fingerprint density at radius 2 is 0.963 bits per heavy atom. The Kier molecular flexibility index (Phi) is 26.0. The molecule has 0 saturated carbocycles. The molecule has 0 aliphatic carbocycles. The molecule has 0 aromatic heterocycles. The number of unbranched alkanes of at least 4 members (excludes halogenated alkanes) is 14. The van der Waals surface area contributed by atoms with Crippen LogP contribution in [0.1, 0.15) is 130 Å². The van der Waals surface area contributed by atoms with E-state index >= 15 is 0 Å². The van der Waals surface area contributed by atoms with E-state index in [1.807, 2.05) is 6.92 Å². The number of hydrogen-bond acceptors (Lipinski definition) is 3. The minimum Gasteiger partial charge on any atom is -0.481 e. The molecule has 162 valence electrons. The predicted octanol–water partition coefficient (Wildman–Crippen LogP) is 7.29. The van der Waals surface area contributed by atoms with Crippen LogP contribution in [-0.2, 0) is 14.3 Å². The van der Waals surface area contributed by atoms with Gasteiger partial charge in [-0.15, -0.1) is 0 Å². The molecule has 0 radical (unpaired) electrons. The summed E-state index contributed by atoms with van der Waals surface area (Å²) in [5, 5.41) is 7.42. The average molecular weight is 387 g/mol. The van der Waals surface area contributed by atoms with Crippen LogP contribution in [0.3, 0.4) is 0 Å². The molecule has 4 heteroatoms. The van der Waals surface area contributed by atoms with Crippen molar-refractivity contribution in [3.8, 4) is 0 Å². The number of carbonyl (C=O) groups excluding carboxylic acids is 1. The van der Waals surface area contributed by atoms with Crippen molar-refractivity contribution in [1.82, 2.24) is 0 Å². The lowest BCUT2D eigenvalue weighted by Crippen LogP contribution is -2.04. The number of carboxylic acids is 1. The second kappa shape index (κ2) is 24.9. The quantitative estimate of drug-likeness (QED) is 0.198. The number of esters is 1. The molecule has 0 aromatic rings. The molecule has 0 fully saturated rings. The molecule has 0 bridgehead atoms. The minimum atomic E-state index is -0.833. The van der Waals surface area contributed by atoms with Crippen molar-refractivity contribution < 1.29 is 19.4 Å². The molecule has 0 unspecified atom stereocenters. The number of aliphatic carboxylic acids is 1. The van der Waals surface area contributed by atoms with Gasteiger partial charge in [0.05, 0.1) is 6.61 Å². The Hall–Kier alpha value is -1.06. The van der Waals surface area contributed by atoms with Gasteiger partial charge in [-0.1, -0.05) is 104 Å². The lowest BCUT2D eigenvalue weighted by Gasteiger charge is -2.04. The number of carbonyl (C=O) groups is 2. The zero-order valence-corrected chi connectivity index (χ0v) is 18.4. The number of hydrogen-bond donors (Lipinski definition) is 1. The maximum Gasteiger partial charge on any atom is 0.305 e. The first-order chi connectivity index (χ1) is 13.0. The number of rotatable bonds is 18. The van der Waals surface area contributed by atoms with Gasteiger partial charge >= 0.3 is 5.97 Å². The van der Waals surface area contributed by atoms with Gasteiger partial charge in [0.1, 0.15) is 0 Å². The van der Waals surface area contributed by atoms with Crippen LogP contribution in [0.15, 0.2) is 0 Å². The third kappa shape index (κ3) is 33.0. The summed E-state index contributed by atoms with van der Waals surface area (Å²) in [6.07, 6.45) is 21.9. The van der Waals surface area contributed by atoms with E-state index in [0.717, 1.165) is 19.8 Å². The van der Waals surface area contributed by atoms with Crippen LogP contribution in [0.4, 0.5) is 0 Å². The van der Waals surface area contributed by atoms with Crippen LogP contribution in [0, 0.1) is 0 Å². The lowest BCUT2D eigenvalue weighted by atomic mass is 10.0. The molecule has 0 spiro atoms.